The van der Waals surface area contributed by atoms with Crippen molar-refractivity contribution in [1.29, 1.82) is 0 Å². The molecule has 0 aliphatic carbocycles. The van der Waals surface area contributed by atoms with Crippen molar-refractivity contribution in [2.45, 2.75) is 44.9 Å². The smallest absolute Gasteiger partial charge is 0.263 e. The van der Waals surface area contributed by atoms with Gasteiger partial charge in [0, 0.05) is 24.2 Å². The van der Waals surface area contributed by atoms with Gasteiger partial charge in [0.2, 0.25) is 0 Å². The zero-order chi connectivity index (χ0) is 14.4. The van der Waals surface area contributed by atoms with E-state index in [4.69, 9.17) is 5.73 Å². The van der Waals surface area contributed by atoms with E-state index >= 15 is 0 Å². The molecule has 0 spiro atoms. The van der Waals surface area contributed by atoms with Gasteiger partial charge in [-0.1, -0.05) is 18.2 Å². The van der Waals surface area contributed by atoms with Gasteiger partial charge in [-0.2, -0.15) is 0 Å². The Labute approximate surface area is 112 Å². The molecular weight excluding hydrogens is 250 g/mol. The number of hydrogen-bond donors (Lipinski definition) is 3. The molecule has 4 N–H and O–H groups in total. The Kier molecular flexibility index (Phi) is 6.34. The molecule has 0 saturated heterocycles. The third-order valence-electron chi connectivity index (χ3n) is 2.98. The molecule has 0 bridgehead atoms. The minimum Gasteiger partial charge on any atom is -0.393 e. The van der Waals surface area contributed by atoms with E-state index in [1.807, 2.05) is 6.92 Å². The van der Waals surface area contributed by atoms with Crippen LogP contribution in [0.5, 0.6) is 0 Å². The Hall–Kier alpha value is -1.04. The Bertz CT molecular complexity index is 385. The quantitative estimate of drug-likeness (QED) is 0.714. The van der Waals surface area contributed by atoms with Gasteiger partial charge in [-0.3, -0.25) is 0 Å². The van der Waals surface area contributed by atoms with E-state index in [0.717, 1.165) is 5.56 Å². The lowest BCUT2D eigenvalue weighted by atomic mass is 10.0. The highest BCUT2D eigenvalue weighted by molar-refractivity contribution is 5.27. The predicted octanol–water partition coefficient (Wildman–Crippen LogP) is 2.37. The molecule has 0 radical (unpaired) electrons. The fourth-order valence-electron chi connectivity index (χ4n) is 2.13. The van der Waals surface area contributed by atoms with Crippen LogP contribution >= 0.6 is 0 Å². The Morgan fingerprint density at radius 3 is 2.42 bits per heavy atom. The van der Waals surface area contributed by atoms with Gasteiger partial charge in [-0.25, -0.2) is 8.78 Å². The van der Waals surface area contributed by atoms with Crippen LogP contribution in [0.4, 0.5) is 8.78 Å². The van der Waals surface area contributed by atoms with Crippen molar-refractivity contribution in [3.63, 3.8) is 0 Å². The Balaban J connectivity index is 2.76. The van der Waals surface area contributed by atoms with Crippen LogP contribution in [0.15, 0.2) is 24.3 Å². The van der Waals surface area contributed by atoms with Crippen LogP contribution in [0.2, 0.25) is 0 Å². The molecule has 1 aromatic carbocycles. The third-order valence-corrected chi connectivity index (χ3v) is 2.98. The average molecular weight is 272 g/mol. The molecule has 0 heterocycles. The van der Waals surface area contributed by atoms with Crippen molar-refractivity contribution in [2.75, 3.05) is 6.54 Å². The number of hydrogen-bond acceptors (Lipinski definition) is 3. The summed E-state index contributed by atoms with van der Waals surface area (Å²) in [6, 6.07) is 6.15. The summed E-state index contributed by atoms with van der Waals surface area (Å²) in [5.41, 5.74) is 6.45. The molecule has 3 unspecified atom stereocenters. The fraction of sp³-hybridized carbons (Fsp3) is 0.571. The van der Waals surface area contributed by atoms with Crippen molar-refractivity contribution in [3.05, 3.63) is 35.4 Å². The first-order chi connectivity index (χ1) is 8.93. The van der Waals surface area contributed by atoms with Gasteiger partial charge < -0.3 is 16.2 Å². The second-order valence-electron chi connectivity index (χ2n) is 4.91. The van der Waals surface area contributed by atoms with Gasteiger partial charge in [0.05, 0.1) is 6.10 Å². The lowest BCUT2D eigenvalue weighted by Crippen LogP contribution is -2.36. The molecule has 0 saturated carbocycles. The SMILES string of the molecule is CC(O)CC(C)NC(CN)c1cccc(C(F)F)c1. The second kappa shape index (κ2) is 7.53. The molecule has 0 aliphatic rings. The topological polar surface area (TPSA) is 58.3 Å². The molecule has 0 aromatic heterocycles. The number of benzene rings is 1. The predicted molar refractivity (Wildman–Crippen MR) is 72.1 cm³/mol. The van der Waals surface area contributed by atoms with E-state index in [2.05, 4.69) is 5.32 Å². The molecule has 108 valence electrons. The third kappa shape index (κ3) is 5.22. The summed E-state index contributed by atoms with van der Waals surface area (Å²) in [4.78, 5) is 0. The number of aliphatic hydroxyl groups excluding tert-OH is 1. The highest BCUT2D eigenvalue weighted by Gasteiger charge is 2.16. The maximum absolute atomic E-state index is 12.7. The molecule has 3 nitrogen and oxygen atoms in total. The molecule has 0 aliphatic heterocycles. The number of nitrogens with two attached hydrogens (primary N) is 1. The molecule has 1 aromatic rings. The summed E-state index contributed by atoms with van der Waals surface area (Å²) in [7, 11) is 0. The van der Waals surface area contributed by atoms with E-state index in [-0.39, 0.29) is 17.6 Å². The molecule has 0 fully saturated rings. The van der Waals surface area contributed by atoms with E-state index in [1.165, 1.54) is 12.1 Å². The van der Waals surface area contributed by atoms with E-state index in [9.17, 15) is 13.9 Å². The molecular formula is C14H22F2N2O. The maximum Gasteiger partial charge on any atom is 0.263 e. The average Bonchev–Trinajstić information content (AvgIpc) is 2.35. The number of rotatable bonds is 7. The molecule has 3 atom stereocenters. The highest BCUT2D eigenvalue weighted by atomic mass is 19.3. The summed E-state index contributed by atoms with van der Waals surface area (Å²) in [5.74, 6) is 0. The van der Waals surface area contributed by atoms with Gasteiger partial charge in [0.25, 0.3) is 6.43 Å². The minimum atomic E-state index is -2.48. The molecule has 5 heteroatoms. The van der Waals surface area contributed by atoms with Gasteiger partial charge in [0.1, 0.15) is 0 Å². The zero-order valence-electron chi connectivity index (χ0n) is 11.3. The zero-order valence-corrected chi connectivity index (χ0v) is 11.3. The van der Waals surface area contributed by atoms with Crippen LogP contribution in [0.3, 0.4) is 0 Å². The first-order valence-electron chi connectivity index (χ1n) is 6.46. The summed E-state index contributed by atoms with van der Waals surface area (Å²) in [6.45, 7) is 3.97. The van der Waals surface area contributed by atoms with Gasteiger partial charge >= 0.3 is 0 Å². The van der Waals surface area contributed by atoms with Crippen LogP contribution in [0.25, 0.3) is 0 Å². The lowest BCUT2D eigenvalue weighted by Gasteiger charge is -2.23. The van der Waals surface area contributed by atoms with Crippen LogP contribution in [0, 0.1) is 0 Å². The van der Waals surface area contributed by atoms with Crippen molar-refractivity contribution in [3.8, 4) is 0 Å². The number of halogens is 2. The number of alkyl halides is 2. The fourth-order valence-corrected chi connectivity index (χ4v) is 2.13. The summed E-state index contributed by atoms with van der Waals surface area (Å²) < 4.78 is 25.3. The van der Waals surface area contributed by atoms with Crippen LogP contribution in [-0.2, 0) is 0 Å². The van der Waals surface area contributed by atoms with Crippen molar-refractivity contribution >= 4 is 0 Å². The van der Waals surface area contributed by atoms with E-state index in [0.29, 0.717) is 13.0 Å². The lowest BCUT2D eigenvalue weighted by molar-refractivity contribution is 0.151. The highest BCUT2D eigenvalue weighted by Crippen LogP contribution is 2.22. The maximum atomic E-state index is 12.7. The Morgan fingerprint density at radius 1 is 1.26 bits per heavy atom. The van der Waals surface area contributed by atoms with Crippen LogP contribution < -0.4 is 11.1 Å². The minimum absolute atomic E-state index is 0.000860. The van der Waals surface area contributed by atoms with E-state index < -0.39 is 12.5 Å². The summed E-state index contributed by atoms with van der Waals surface area (Å²) in [6.07, 6.45) is -2.30. The monoisotopic (exact) mass is 272 g/mol. The molecule has 19 heavy (non-hydrogen) atoms. The van der Waals surface area contributed by atoms with Gasteiger partial charge in [0.15, 0.2) is 0 Å². The number of nitrogens with one attached hydrogen (secondary N) is 1. The standard InChI is InChI=1S/C14H22F2N2O/c1-9(6-10(2)19)18-13(8-17)11-4-3-5-12(7-11)14(15)16/h3-5,7,9-10,13-14,18-19H,6,8,17H2,1-2H3. The molecule has 1 rings (SSSR count). The normalized spacial score (nSPS) is 16.4. The van der Waals surface area contributed by atoms with Gasteiger partial charge in [-0.15, -0.1) is 0 Å². The largest absolute Gasteiger partial charge is 0.393 e. The summed E-state index contributed by atoms with van der Waals surface area (Å²) in [5, 5.41) is 12.6. The van der Waals surface area contributed by atoms with Crippen LogP contribution in [-0.4, -0.2) is 23.8 Å². The first-order valence-corrected chi connectivity index (χ1v) is 6.46. The molecule has 0 amide bonds. The van der Waals surface area contributed by atoms with Crippen LogP contribution in [0.1, 0.15) is 43.9 Å². The summed E-state index contributed by atoms with van der Waals surface area (Å²) >= 11 is 0. The second-order valence-corrected chi connectivity index (χ2v) is 4.91. The van der Waals surface area contributed by atoms with E-state index in [1.54, 1.807) is 19.1 Å². The Morgan fingerprint density at radius 2 is 1.89 bits per heavy atom. The van der Waals surface area contributed by atoms with Crippen molar-refractivity contribution in [2.24, 2.45) is 5.73 Å². The first kappa shape index (κ1) is 16.0. The van der Waals surface area contributed by atoms with Gasteiger partial charge in [-0.05, 0) is 31.9 Å². The van der Waals surface area contributed by atoms with Crippen molar-refractivity contribution in [1.82, 2.24) is 5.32 Å². The van der Waals surface area contributed by atoms with Crippen molar-refractivity contribution < 1.29 is 13.9 Å². The number of aliphatic hydroxyl groups is 1.